The maximum Gasteiger partial charge on any atom is 0.169 e. The summed E-state index contributed by atoms with van der Waals surface area (Å²) in [4.78, 5) is 9.82. The van der Waals surface area contributed by atoms with Gasteiger partial charge in [-0.3, -0.25) is 0 Å². The summed E-state index contributed by atoms with van der Waals surface area (Å²) in [5.74, 6) is 0.353. The highest BCUT2D eigenvalue weighted by atomic mass is 15.2. The van der Waals surface area contributed by atoms with Gasteiger partial charge in [-0.1, -0.05) is 127 Å². The van der Waals surface area contributed by atoms with Gasteiger partial charge in [-0.15, -0.1) is 0 Å². The standard InChI is InChI=1S/C39H28N4/c1-4-14-27(15-5-1)30-24-31(26-32(25-30)43-35-22-12-10-20-33(35)34-21-11-13-23-36(34)43)39-41-37(28-16-6-2-7-17-28)40-38(42-39)29-18-8-3-9-19-29/h1-26,39H,(H,40,41,42)/i2D,6D,7D,10D,11D,16D,17D,20D,21D,22D,23D. The summed E-state index contributed by atoms with van der Waals surface area (Å²) in [5.41, 5.74) is 3.34. The first-order valence-electron chi connectivity index (χ1n) is 19.1. The molecule has 0 radical (unpaired) electrons. The molecule has 4 nitrogen and oxygen atoms in total. The summed E-state index contributed by atoms with van der Waals surface area (Å²) in [5, 5.41) is 3.36. The lowest BCUT2D eigenvalue weighted by Gasteiger charge is -2.23. The monoisotopic (exact) mass is 563 g/mol. The van der Waals surface area contributed by atoms with Crippen LogP contribution in [0.5, 0.6) is 0 Å². The van der Waals surface area contributed by atoms with Gasteiger partial charge in [-0.25, -0.2) is 9.98 Å². The van der Waals surface area contributed by atoms with Gasteiger partial charge in [0.15, 0.2) is 6.17 Å². The summed E-state index contributed by atoms with van der Waals surface area (Å²) in [6.07, 6.45) is -1.03. The van der Waals surface area contributed by atoms with Crippen LogP contribution in [0.4, 0.5) is 0 Å². The molecule has 2 heterocycles. The number of para-hydroxylation sites is 2. The van der Waals surface area contributed by atoms with Crippen molar-refractivity contribution in [2.45, 2.75) is 6.17 Å². The number of amidine groups is 2. The summed E-state index contributed by atoms with van der Waals surface area (Å²) in [6, 6.07) is 23.0. The van der Waals surface area contributed by atoms with Crippen molar-refractivity contribution in [2.24, 2.45) is 9.98 Å². The van der Waals surface area contributed by atoms with Crippen molar-refractivity contribution >= 4 is 33.5 Å². The molecular formula is C39H28N4. The minimum atomic E-state index is -1.03. The van der Waals surface area contributed by atoms with Crippen molar-refractivity contribution in [3.05, 3.63) is 174 Å². The highest BCUT2D eigenvalue weighted by Crippen LogP contribution is 2.36. The Balaban J connectivity index is 1.46. The molecule has 1 N–H and O–H groups in total. The van der Waals surface area contributed by atoms with E-state index in [9.17, 15) is 0 Å². The van der Waals surface area contributed by atoms with Crippen molar-refractivity contribution in [1.82, 2.24) is 9.88 Å². The van der Waals surface area contributed by atoms with E-state index in [0.29, 0.717) is 28.2 Å². The van der Waals surface area contributed by atoms with Gasteiger partial charge in [0.1, 0.15) is 11.7 Å². The molecule has 0 bridgehead atoms. The number of hydrogen-bond acceptors (Lipinski definition) is 3. The first-order chi connectivity index (χ1) is 25.8. The maximum absolute atomic E-state index is 8.99. The van der Waals surface area contributed by atoms with E-state index in [1.807, 2.05) is 72.8 Å². The molecule has 1 aliphatic rings. The molecule has 1 atom stereocenters. The Bertz CT molecular complexity index is 2660. The fraction of sp³-hybridized carbons (Fsp3) is 0.0256. The predicted octanol–water partition coefficient (Wildman–Crippen LogP) is 8.95. The molecule has 7 aromatic rings. The van der Waals surface area contributed by atoms with E-state index < -0.39 is 36.4 Å². The van der Waals surface area contributed by atoms with E-state index in [0.717, 1.165) is 5.56 Å². The second kappa shape index (κ2) is 10.6. The Labute approximate surface area is 265 Å². The smallest absolute Gasteiger partial charge is 0.169 e. The number of benzene rings is 6. The highest BCUT2D eigenvalue weighted by Gasteiger charge is 2.22. The van der Waals surface area contributed by atoms with Crippen LogP contribution in [0, 0.1) is 0 Å². The molecule has 6 aromatic carbocycles. The number of aromatic nitrogens is 1. The SMILES string of the molecule is [2H]c1cc([2H])c2c(c1[2H])c1c([2H])c([2H])cc([2H])c1n2-c1cc(-c2ccccc2)cc(C2N=C(c3ccccc3)NC(c3c([2H])c([2H])c([2H])c([2H])c3[2H])=N2)c1. The van der Waals surface area contributed by atoms with Crippen molar-refractivity contribution in [1.29, 1.82) is 0 Å². The first kappa shape index (κ1) is 16.0. The molecule has 1 aromatic heterocycles. The molecule has 0 amide bonds. The van der Waals surface area contributed by atoms with Crippen molar-refractivity contribution in [3.63, 3.8) is 0 Å². The van der Waals surface area contributed by atoms with Crippen molar-refractivity contribution in [3.8, 4) is 16.8 Å². The van der Waals surface area contributed by atoms with Gasteiger partial charge in [0, 0.05) is 33.2 Å². The van der Waals surface area contributed by atoms with Crippen LogP contribution in [0.15, 0.2) is 167 Å². The lowest BCUT2D eigenvalue weighted by atomic mass is 10.00. The molecule has 43 heavy (non-hydrogen) atoms. The number of hydrogen-bond donors (Lipinski definition) is 1. The quantitative estimate of drug-likeness (QED) is 0.223. The summed E-state index contributed by atoms with van der Waals surface area (Å²) in [7, 11) is 0. The van der Waals surface area contributed by atoms with Crippen LogP contribution in [0.3, 0.4) is 0 Å². The fourth-order valence-electron chi connectivity index (χ4n) is 5.32. The number of nitrogens with one attached hydrogen (secondary N) is 1. The van der Waals surface area contributed by atoms with Crippen molar-refractivity contribution < 1.29 is 15.1 Å². The molecule has 204 valence electrons. The van der Waals surface area contributed by atoms with Gasteiger partial charge in [-0.2, -0.15) is 0 Å². The van der Waals surface area contributed by atoms with Gasteiger partial charge in [0.25, 0.3) is 0 Å². The van der Waals surface area contributed by atoms with Gasteiger partial charge in [0.2, 0.25) is 0 Å². The molecule has 0 spiro atoms. The third-order valence-electron chi connectivity index (χ3n) is 7.25. The topological polar surface area (TPSA) is 41.7 Å². The summed E-state index contributed by atoms with van der Waals surface area (Å²) < 4.78 is 96.3. The number of aliphatic imine (C=N–C) groups is 2. The Hall–Kier alpha value is -5.74. The number of nitrogens with zero attached hydrogens (tertiary/aromatic N) is 3. The van der Waals surface area contributed by atoms with Crippen LogP contribution < -0.4 is 5.32 Å². The van der Waals surface area contributed by atoms with E-state index in [1.54, 1.807) is 10.6 Å². The molecule has 0 fully saturated rings. The average molecular weight is 564 g/mol. The highest BCUT2D eigenvalue weighted by molar-refractivity contribution is 6.16. The Morgan fingerprint density at radius 3 is 1.79 bits per heavy atom. The molecule has 1 aliphatic heterocycles. The van der Waals surface area contributed by atoms with E-state index in [-0.39, 0.29) is 69.5 Å². The lowest BCUT2D eigenvalue weighted by Crippen LogP contribution is -2.36. The average Bonchev–Trinajstić information content (AvgIpc) is 3.56. The van der Waals surface area contributed by atoms with Crippen LogP contribution in [-0.2, 0) is 0 Å². The summed E-state index contributed by atoms with van der Waals surface area (Å²) >= 11 is 0. The molecule has 4 heteroatoms. The molecule has 0 aliphatic carbocycles. The minimum absolute atomic E-state index is 0.0138. The van der Waals surface area contributed by atoms with Gasteiger partial charge in [-0.05, 0) is 41.4 Å². The lowest BCUT2D eigenvalue weighted by molar-refractivity contribution is 0.755. The maximum atomic E-state index is 8.99. The third-order valence-corrected chi connectivity index (χ3v) is 7.25. The Kier molecular flexibility index (Phi) is 3.95. The van der Waals surface area contributed by atoms with Gasteiger partial charge < -0.3 is 9.88 Å². The minimum Gasteiger partial charge on any atom is -0.324 e. The van der Waals surface area contributed by atoms with E-state index in [2.05, 4.69) is 5.32 Å². The van der Waals surface area contributed by atoms with Crippen LogP contribution in [0.25, 0.3) is 38.6 Å². The van der Waals surface area contributed by atoms with Crippen LogP contribution in [0.2, 0.25) is 0 Å². The van der Waals surface area contributed by atoms with E-state index in [1.165, 1.54) is 12.1 Å². The van der Waals surface area contributed by atoms with Crippen LogP contribution in [0.1, 0.15) is 37.9 Å². The normalized spacial score (nSPS) is 18.3. The third kappa shape index (κ3) is 4.59. The van der Waals surface area contributed by atoms with Gasteiger partial charge >= 0.3 is 0 Å². The zero-order chi connectivity index (χ0) is 38.2. The van der Waals surface area contributed by atoms with Crippen molar-refractivity contribution in [2.75, 3.05) is 0 Å². The second-order valence-electron chi connectivity index (χ2n) is 9.90. The first-order valence-corrected chi connectivity index (χ1v) is 13.6. The zero-order valence-corrected chi connectivity index (χ0v) is 22.6. The molecular weight excluding hydrogens is 524 g/mol. The number of rotatable bonds is 5. The molecule has 8 rings (SSSR count). The number of fused-ring (bicyclic) bond motifs is 3. The Morgan fingerprint density at radius 2 is 1.14 bits per heavy atom. The molecule has 0 saturated heterocycles. The molecule has 0 saturated carbocycles. The zero-order valence-electron chi connectivity index (χ0n) is 33.6. The largest absolute Gasteiger partial charge is 0.324 e. The van der Waals surface area contributed by atoms with Crippen LogP contribution >= 0.6 is 0 Å². The van der Waals surface area contributed by atoms with Crippen LogP contribution in [-0.4, -0.2) is 16.2 Å². The summed E-state index contributed by atoms with van der Waals surface area (Å²) in [6.45, 7) is 0. The fourth-order valence-corrected chi connectivity index (χ4v) is 5.32. The second-order valence-corrected chi connectivity index (χ2v) is 9.90. The van der Waals surface area contributed by atoms with E-state index >= 15 is 0 Å². The molecule has 1 unspecified atom stereocenters. The van der Waals surface area contributed by atoms with E-state index in [4.69, 9.17) is 25.1 Å². The van der Waals surface area contributed by atoms with Gasteiger partial charge in [0.05, 0.1) is 26.1 Å². The Morgan fingerprint density at radius 1 is 0.535 bits per heavy atom. The predicted molar refractivity (Wildman–Crippen MR) is 178 cm³/mol.